The molecule has 16 rings (SSSR count). The monoisotopic (exact) mass is 1610 g/mol. The number of benzene rings is 6. The van der Waals surface area contributed by atoms with E-state index in [-0.39, 0.29) is 0 Å². The maximum Gasteiger partial charge on any atom is 0.200 e. The first-order chi connectivity index (χ1) is 54.1. The summed E-state index contributed by atoms with van der Waals surface area (Å²) >= 11 is 0. The summed E-state index contributed by atoms with van der Waals surface area (Å²) < 4.78 is 478. The van der Waals surface area contributed by atoms with E-state index in [0.29, 0.717) is 72.9 Å². The van der Waals surface area contributed by atoms with Gasteiger partial charge < -0.3 is 19.9 Å². The molecule has 0 aliphatic carbocycles. The molecule has 6 aromatic heterocycles. The van der Waals surface area contributed by atoms with Crippen LogP contribution in [0.15, 0.2) is 48.5 Å². The van der Waals surface area contributed by atoms with Gasteiger partial charge in [-0.1, -0.05) is 0 Å². The van der Waals surface area contributed by atoms with Gasteiger partial charge in [-0.2, -0.15) is 0 Å². The predicted molar refractivity (Wildman–Crippen MR) is 348 cm³/mol. The molecule has 0 unspecified atom stereocenters. The highest BCUT2D eigenvalue weighted by Gasteiger charge is 2.39. The molecule has 0 spiro atoms. The molecule has 4 aliphatic rings. The topological polar surface area (TPSA) is 115 Å². The first-order valence-corrected chi connectivity index (χ1v) is 31.5. The number of nitrogens with one attached hydrogen (secondary N) is 4. The summed E-state index contributed by atoms with van der Waals surface area (Å²) in [7, 11) is 0. The molecular weight excluding hydrogens is 1590 g/mol. The fourth-order valence-corrected chi connectivity index (χ4v) is 13.5. The standard InChI is InChI=1S/C76H20F30N8/c77-47-41(48(78)60(90)71(101)59(47)89)35-21-5-1-17(107-21)33(18-2-6-22(108-18)36(42-49(79)61(91)72(102)62(92)50(42)80)26-10-14-30(112-26)39(29-13-9-25(35)111-29)45-55(85)67(97)75(105)68(98)56(45)86)34-19-3-7-23(109-19)37(43-51(81)63(93)73(103)64(94)52(43)82)27-11-15-31(113-27)40(46-57(87)69(99)76(106)70(100)58(46)88)32-16-12-28(114-32)38(24-8-4-20(34)110-24)44-53(83)65(95)74(104)66(96)54(44)84/h1-16,107,109,112,114H. The smallest absolute Gasteiger partial charge is 0.200 e. The van der Waals surface area contributed by atoms with Crippen LogP contribution in [0.25, 0.3) is 171 Å². The Balaban J connectivity index is 1.17. The van der Waals surface area contributed by atoms with Crippen LogP contribution in [-0.2, 0) is 0 Å². The highest BCUT2D eigenvalue weighted by Crippen LogP contribution is 2.49. The largest absolute Gasteiger partial charge is 0.354 e. The Kier molecular flexibility index (Phi) is 17.4. The summed E-state index contributed by atoms with van der Waals surface area (Å²) in [5.41, 5.74) is -38.3. The van der Waals surface area contributed by atoms with Crippen LogP contribution in [0.5, 0.6) is 0 Å². The lowest BCUT2D eigenvalue weighted by Gasteiger charge is -2.12. The van der Waals surface area contributed by atoms with Crippen LogP contribution in [0, 0.1) is 175 Å². The molecule has 0 saturated carbocycles. The molecule has 16 bridgehead atoms. The molecule has 6 aromatic carbocycles. The molecule has 114 heavy (non-hydrogen) atoms. The van der Waals surface area contributed by atoms with Gasteiger partial charge in [0.25, 0.3) is 0 Å². The molecular formula is C76H20F30N8. The van der Waals surface area contributed by atoms with Crippen LogP contribution in [0.1, 0.15) is 45.6 Å². The number of hydrogen-bond acceptors (Lipinski definition) is 4. The van der Waals surface area contributed by atoms with E-state index in [1.54, 1.807) is 0 Å². The third-order valence-corrected chi connectivity index (χ3v) is 18.5. The molecule has 0 amide bonds. The first-order valence-electron chi connectivity index (χ1n) is 31.5. The number of fused-ring (bicyclic) bond motifs is 16. The van der Waals surface area contributed by atoms with E-state index in [1.165, 1.54) is 0 Å². The number of nitrogens with zero attached hydrogens (tertiary/aromatic N) is 4. The maximum absolute atomic E-state index is 16.8. The van der Waals surface area contributed by atoms with Crippen molar-refractivity contribution in [3.63, 3.8) is 0 Å². The van der Waals surface area contributed by atoms with E-state index < -0.39 is 342 Å². The Morgan fingerprint density at radius 2 is 0.211 bits per heavy atom. The third kappa shape index (κ3) is 10.8. The highest BCUT2D eigenvalue weighted by atomic mass is 19.2. The predicted octanol–water partition coefficient (Wildman–Crippen LogP) is 23.5. The van der Waals surface area contributed by atoms with Crippen LogP contribution in [0.3, 0.4) is 0 Å². The van der Waals surface area contributed by atoms with Crippen LogP contribution >= 0.6 is 0 Å². The van der Waals surface area contributed by atoms with Gasteiger partial charge in [0.2, 0.25) is 34.9 Å². The van der Waals surface area contributed by atoms with Crippen molar-refractivity contribution in [2.45, 2.75) is 0 Å². The molecule has 0 saturated heterocycles. The molecule has 0 radical (unpaired) electrons. The van der Waals surface area contributed by atoms with Crippen LogP contribution in [0.4, 0.5) is 132 Å². The number of aromatic amines is 4. The van der Waals surface area contributed by atoms with Gasteiger partial charge in [0.1, 0.15) is 0 Å². The lowest BCUT2D eigenvalue weighted by Crippen LogP contribution is -2.06. The van der Waals surface area contributed by atoms with Crippen molar-refractivity contribution < 1.29 is 132 Å². The number of H-pyrrole nitrogens is 4. The Morgan fingerprint density at radius 1 is 0.123 bits per heavy atom. The van der Waals surface area contributed by atoms with E-state index in [0.717, 1.165) is 24.3 Å². The number of rotatable bonds is 7. The zero-order valence-corrected chi connectivity index (χ0v) is 54.4. The van der Waals surface area contributed by atoms with Crippen LogP contribution in [-0.4, -0.2) is 39.9 Å². The summed E-state index contributed by atoms with van der Waals surface area (Å²) in [6.07, 6.45) is 4.92. The molecule has 8 nitrogen and oxygen atoms in total. The summed E-state index contributed by atoms with van der Waals surface area (Å²) in [6, 6.07) is 5.14. The Hall–Kier alpha value is -13.6. The Labute approximate surface area is 609 Å². The van der Waals surface area contributed by atoms with Crippen molar-refractivity contribution in [1.82, 2.24) is 39.9 Å². The number of halogens is 30. The third-order valence-electron chi connectivity index (χ3n) is 18.5. The fourth-order valence-electron chi connectivity index (χ4n) is 13.5. The van der Waals surface area contributed by atoms with Gasteiger partial charge in [-0.3, -0.25) is 0 Å². The zero-order valence-electron chi connectivity index (χ0n) is 54.4. The normalized spacial score (nSPS) is 12.5. The molecule has 4 aliphatic heterocycles. The minimum absolute atomic E-state index is 0.546. The van der Waals surface area contributed by atoms with Crippen molar-refractivity contribution in [2.75, 3.05) is 0 Å². The molecule has 0 atom stereocenters. The highest BCUT2D eigenvalue weighted by molar-refractivity contribution is 6.06. The van der Waals surface area contributed by atoms with Crippen LogP contribution < -0.4 is 0 Å². The molecule has 38 heteroatoms. The molecule has 4 N–H and O–H groups in total. The van der Waals surface area contributed by atoms with E-state index in [4.69, 9.17) is 0 Å². The molecule has 0 fully saturated rings. The minimum atomic E-state index is -2.82. The second-order valence-corrected chi connectivity index (χ2v) is 24.7. The van der Waals surface area contributed by atoms with Crippen molar-refractivity contribution in [1.29, 1.82) is 0 Å². The van der Waals surface area contributed by atoms with Gasteiger partial charge in [0, 0.05) is 88.6 Å². The Morgan fingerprint density at radius 3 is 0.316 bits per heavy atom. The van der Waals surface area contributed by atoms with E-state index in [1.807, 2.05) is 0 Å². The average Bonchev–Trinajstić information content (AvgIpc) is 1.53. The first kappa shape index (κ1) is 74.5. The quantitative estimate of drug-likeness (QED) is 0.0723. The molecule has 10 heterocycles. The number of hydrogen-bond donors (Lipinski definition) is 4. The van der Waals surface area contributed by atoms with Gasteiger partial charge in [-0.25, -0.2) is 152 Å². The summed E-state index contributed by atoms with van der Waals surface area (Å²) in [6.45, 7) is 0. The minimum Gasteiger partial charge on any atom is -0.354 e. The molecule has 574 valence electrons. The summed E-state index contributed by atoms with van der Waals surface area (Å²) in [5, 5.41) is 0. The van der Waals surface area contributed by atoms with Gasteiger partial charge in [0.05, 0.1) is 78.9 Å². The van der Waals surface area contributed by atoms with Crippen molar-refractivity contribution in [3.8, 4) is 77.9 Å². The second-order valence-electron chi connectivity index (χ2n) is 24.7. The fraction of sp³-hybridized carbons (Fsp3) is 0. The van der Waals surface area contributed by atoms with Crippen molar-refractivity contribution in [3.05, 3.63) is 269 Å². The Bertz CT molecular complexity index is 6280. The zero-order chi connectivity index (χ0) is 81.6. The van der Waals surface area contributed by atoms with E-state index in [2.05, 4.69) is 39.9 Å². The van der Waals surface area contributed by atoms with Gasteiger partial charge >= 0.3 is 0 Å². The van der Waals surface area contributed by atoms with E-state index in [9.17, 15) is 8.78 Å². The number of aromatic nitrogens is 8. The summed E-state index contributed by atoms with van der Waals surface area (Å²) in [4.78, 5) is 26.7. The lowest BCUT2D eigenvalue weighted by atomic mass is 10.0. The SMILES string of the molecule is Fc1c(F)c(F)c(-c2c3nc(c(-c4c(F)c(F)c(F)c(F)c4F)c4ccc([nH]4)c(-c4c5nc(c(-c6c(F)c(F)c(F)c(F)c6F)c6ccc([nH]6)c(-c6c(F)c(F)c(F)c(F)c6F)c6nc(c(-c7c(F)c(F)c(F)c(F)c7F)c7ccc4[nH]7)C=C6)C=C5)c4nc(c(-c5c(F)c(F)c(F)c(F)c5F)c5ccc2[nH]5)C=C4)C=C3)c(F)c1F. The summed E-state index contributed by atoms with van der Waals surface area (Å²) in [5.74, 6) is -82.2. The van der Waals surface area contributed by atoms with Gasteiger partial charge in [-0.15, -0.1) is 0 Å². The van der Waals surface area contributed by atoms with Gasteiger partial charge in [-0.05, 0) is 97.1 Å². The van der Waals surface area contributed by atoms with Crippen molar-refractivity contribution >= 4 is 92.7 Å². The maximum atomic E-state index is 16.8. The lowest BCUT2D eigenvalue weighted by molar-refractivity contribution is 0.381. The second kappa shape index (κ2) is 26.6. The average molecular weight is 1610 g/mol. The van der Waals surface area contributed by atoms with Crippen molar-refractivity contribution in [2.24, 2.45) is 0 Å². The van der Waals surface area contributed by atoms with Crippen LogP contribution in [0.2, 0.25) is 0 Å². The molecule has 12 aromatic rings. The van der Waals surface area contributed by atoms with E-state index >= 15 is 123 Å². The van der Waals surface area contributed by atoms with Gasteiger partial charge in [0.15, 0.2) is 140 Å².